The van der Waals surface area contributed by atoms with Crippen molar-refractivity contribution in [2.75, 3.05) is 18.5 Å². The van der Waals surface area contributed by atoms with E-state index in [9.17, 15) is 14.4 Å². The van der Waals surface area contributed by atoms with Crippen molar-refractivity contribution in [3.05, 3.63) is 89.7 Å². The maximum absolute atomic E-state index is 12.5. The zero-order valence-corrected chi connectivity index (χ0v) is 16.6. The molecule has 0 atom stereocenters. The second-order valence-electron chi connectivity index (χ2n) is 6.67. The number of amides is 2. The molecule has 2 N–H and O–H groups in total. The molecule has 0 spiro atoms. The lowest BCUT2D eigenvalue weighted by molar-refractivity contribution is -0.119. The topological polar surface area (TPSA) is 89.4 Å². The van der Waals surface area contributed by atoms with Gasteiger partial charge in [0.2, 0.25) is 0 Å². The van der Waals surface area contributed by atoms with Crippen LogP contribution in [0.4, 0.5) is 5.69 Å². The van der Waals surface area contributed by atoms with Crippen LogP contribution in [0.5, 0.6) is 0 Å². The Kier molecular flexibility index (Phi) is 7.00. The molecular formula is C23H23N3O4. The molecule has 0 fully saturated rings. The standard InChI is InChI=1S/C23H23N3O4/c1-26-15-7-12-20(26)23(29)30-16-21(27)25-19-11-6-5-10-18(19)22(28)24-14-13-17-8-3-2-4-9-17/h2-12,15H,13-14,16H2,1H3,(H,24,28)(H,25,27). The van der Waals surface area contributed by atoms with Gasteiger partial charge in [-0.1, -0.05) is 42.5 Å². The Morgan fingerprint density at radius 3 is 2.40 bits per heavy atom. The molecule has 0 aliphatic rings. The van der Waals surface area contributed by atoms with Crippen molar-refractivity contribution in [3.63, 3.8) is 0 Å². The maximum atomic E-state index is 12.5. The summed E-state index contributed by atoms with van der Waals surface area (Å²) in [6.45, 7) is 0.0212. The molecule has 0 unspecified atom stereocenters. The van der Waals surface area contributed by atoms with Crippen molar-refractivity contribution in [1.29, 1.82) is 0 Å². The first-order chi connectivity index (χ1) is 14.5. The maximum Gasteiger partial charge on any atom is 0.355 e. The SMILES string of the molecule is Cn1cccc1C(=O)OCC(=O)Nc1ccccc1C(=O)NCCc1ccccc1. The van der Waals surface area contributed by atoms with Gasteiger partial charge in [-0.3, -0.25) is 9.59 Å². The summed E-state index contributed by atoms with van der Waals surface area (Å²) in [6, 6.07) is 19.8. The fraction of sp³-hybridized carbons (Fsp3) is 0.174. The average Bonchev–Trinajstić information content (AvgIpc) is 3.19. The van der Waals surface area contributed by atoms with Crippen molar-refractivity contribution in [1.82, 2.24) is 9.88 Å². The summed E-state index contributed by atoms with van der Waals surface area (Å²) < 4.78 is 6.65. The van der Waals surface area contributed by atoms with Crippen LogP contribution in [0, 0.1) is 0 Å². The predicted octanol–water partition coefficient (Wildman–Crippen LogP) is 2.79. The summed E-state index contributed by atoms with van der Waals surface area (Å²) in [4.78, 5) is 36.8. The second kappa shape index (κ2) is 10.1. The number of aromatic nitrogens is 1. The lowest BCUT2D eigenvalue weighted by atomic mass is 10.1. The second-order valence-corrected chi connectivity index (χ2v) is 6.67. The van der Waals surface area contributed by atoms with E-state index >= 15 is 0 Å². The van der Waals surface area contributed by atoms with E-state index in [2.05, 4.69) is 10.6 Å². The number of hydrogen-bond acceptors (Lipinski definition) is 4. The number of ether oxygens (including phenoxy) is 1. The molecule has 0 saturated carbocycles. The number of para-hydroxylation sites is 1. The number of nitrogens with zero attached hydrogens (tertiary/aromatic N) is 1. The normalized spacial score (nSPS) is 10.3. The van der Waals surface area contributed by atoms with Crippen molar-refractivity contribution < 1.29 is 19.1 Å². The molecule has 0 saturated heterocycles. The number of benzene rings is 2. The molecule has 0 bridgehead atoms. The molecule has 7 heteroatoms. The lowest BCUT2D eigenvalue weighted by Gasteiger charge is -2.12. The Morgan fingerprint density at radius 1 is 0.933 bits per heavy atom. The molecule has 1 heterocycles. The highest BCUT2D eigenvalue weighted by atomic mass is 16.5. The highest BCUT2D eigenvalue weighted by molar-refractivity contribution is 6.04. The summed E-state index contributed by atoms with van der Waals surface area (Å²) >= 11 is 0. The number of carbonyl (C=O) groups is 3. The summed E-state index contributed by atoms with van der Waals surface area (Å²) in [5, 5.41) is 5.49. The van der Waals surface area contributed by atoms with Crippen LogP contribution in [0.25, 0.3) is 0 Å². The van der Waals surface area contributed by atoms with Crippen molar-refractivity contribution in [2.24, 2.45) is 7.05 Å². The zero-order chi connectivity index (χ0) is 21.3. The highest BCUT2D eigenvalue weighted by Crippen LogP contribution is 2.15. The van der Waals surface area contributed by atoms with Gasteiger partial charge in [0.25, 0.3) is 11.8 Å². The molecule has 30 heavy (non-hydrogen) atoms. The minimum absolute atomic E-state index is 0.289. The van der Waals surface area contributed by atoms with E-state index in [-0.39, 0.29) is 5.91 Å². The fourth-order valence-corrected chi connectivity index (χ4v) is 2.91. The van der Waals surface area contributed by atoms with Crippen LogP contribution >= 0.6 is 0 Å². The van der Waals surface area contributed by atoms with Crippen LogP contribution in [0.1, 0.15) is 26.4 Å². The van der Waals surface area contributed by atoms with Crippen LogP contribution in [0.2, 0.25) is 0 Å². The summed E-state index contributed by atoms with van der Waals surface area (Å²) in [5.41, 5.74) is 2.17. The third-order valence-corrected chi connectivity index (χ3v) is 4.48. The molecule has 1 aromatic heterocycles. The van der Waals surface area contributed by atoms with E-state index in [1.165, 1.54) is 0 Å². The van der Waals surface area contributed by atoms with Gasteiger partial charge < -0.3 is 19.9 Å². The van der Waals surface area contributed by atoms with Crippen LogP contribution in [-0.2, 0) is 23.0 Å². The number of nitrogens with one attached hydrogen (secondary N) is 2. The Balaban J connectivity index is 1.53. The van der Waals surface area contributed by atoms with Gasteiger partial charge in [0.15, 0.2) is 6.61 Å². The van der Waals surface area contributed by atoms with Crippen molar-refractivity contribution >= 4 is 23.5 Å². The van der Waals surface area contributed by atoms with Gasteiger partial charge in [0.05, 0.1) is 11.3 Å². The van der Waals surface area contributed by atoms with E-state index in [4.69, 9.17) is 4.74 Å². The molecular weight excluding hydrogens is 382 g/mol. The van der Waals surface area contributed by atoms with Crippen molar-refractivity contribution in [2.45, 2.75) is 6.42 Å². The molecule has 154 valence electrons. The van der Waals surface area contributed by atoms with Crippen LogP contribution in [0.15, 0.2) is 72.9 Å². The number of rotatable bonds is 8. The Bertz CT molecular complexity index is 1030. The van der Waals surface area contributed by atoms with E-state index in [1.807, 2.05) is 30.3 Å². The quantitative estimate of drug-likeness (QED) is 0.564. The number of carbonyl (C=O) groups excluding carboxylic acids is 3. The molecule has 2 aromatic carbocycles. The van der Waals surface area contributed by atoms with Crippen LogP contribution in [-0.4, -0.2) is 35.5 Å². The van der Waals surface area contributed by atoms with Crippen LogP contribution in [0.3, 0.4) is 0 Å². The fourth-order valence-electron chi connectivity index (χ4n) is 2.91. The van der Waals surface area contributed by atoms with Crippen molar-refractivity contribution in [3.8, 4) is 0 Å². The number of anilines is 1. The predicted molar refractivity (Wildman–Crippen MR) is 113 cm³/mol. The summed E-state index contributed by atoms with van der Waals surface area (Å²) in [5.74, 6) is -1.41. The zero-order valence-electron chi connectivity index (χ0n) is 16.6. The largest absolute Gasteiger partial charge is 0.451 e. The Labute approximate surface area is 174 Å². The van der Waals surface area contributed by atoms with Gasteiger partial charge in [0, 0.05) is 19.8 Å². The minimum Gasteiger partial charge on any atom is -0.451 e. The monoisotopic (exact) mass is 405 g/mol. The molecule has 0 radical (unpaired) electrons. The summed E-state index contributed by atoms with van der Waals surface area (Å²) in [7, 11) is 1.71. The third-order valence-electron chi connectivity index (χ3n) is 4.48. The van der Waals surface area contributed by atoms with E-state index in [0.29, 0.717) is 29.9 Å². The van der Waals surface area contributed by atoms with Gasteiger partial charge in [-0.15, -0.1) is 0 Å². The Morgan fingerprint density at radius 2 is 1.67 bits per heavy atom. The molecule has 7 nitrogen and oxygen atoms in total. The third kappa shape index (κ3) is 5.57. The lowest BCUT2D eigenvalue weighted by Crippen LogP contribution is -2.28. The first kappa shape index (κ1) is 20.9. The summed E-state index contributed by atoms with van der Waals surface area (Å²) in [6.07, 6.45) is 2.42. The molecule has 2 amide bonds. The molecule has 0 aliphatic carbocycles. The number of esters is 1. The van der Waals surface area contributed by atoms with Gasteiger partial charge in [-0.05, 0) is 36.2 Å². The van der Waals surface area contributed by atoms with E-state index in [0.717, 1.165) is 5.56 Å². The van der Waals surface area contributed by atoms with E-state index < -0.39 is 18.5 Å². The highest BCUT2D eigenvalue weighted by Gasteiger charge is 2.15. The van der Waals surface area contributed by atoms with Gasteiger partial charge in [0.1, 0.15) is 5.69 Å². The van der Waals surface area contributed by atoms with Gasteiger partial charge in [-0.2, -0.15) is 0 Å². The smallest absolute Gasteiger partial charge is 0.355 e. The molecule has 3 rings (SSSR count). The first-order valence-corrected chi connectivity index (χ1v) is 9.54. The number of hydrogen-bond donors (Lipinski definition) is 2. The average molecular weight is 405 g/mol. The van der Waals surface area contributed by atoms with Gasteiger partial charge >= 0.3 is 5.97 Å². The van der Waals surface area contributed by atoms with E-state index in [1.54, 1.807) is 54.2 Å². The minimum atomic E-state index is -0.593. The number of aryl methyl sites for hydroxylation is 1. The molecule has 3 aromatic rings. The molecule has 0 aliphatic heterocycles. The first-order valence-electron chi connectivity index (χ1n) is 9.54. The van der Waals surface area contributed by atoms with Crippen LogP contribution < -0.4 is 10.6 Å². The Hall–Kier alpha value is -3.87. The van der Waals surface area contributed by atoms with Gasteiger partial charge in [-0.25, -0.2) is 4.79 Å².